The lowest BCUT2D eigenvalue weighted by Crippen LogP contribution is -2.59. The van der Waals surface area contributed by atoms with E-state index in [0.29, 0.717) is 25.3 Å². The molecule has 2 aliphatic carbocycles. The van der Waals surface area contributed by atoms with Gasteiger partial charge in [0, 0.05) is 12.1 Å². The van der Waals surface area contributed by atoms with Crippen molar-refractivity contribution in [3.8, 4) is 0 Å². The van der Waals surface area contributed by atoms with Crippen LogP contribution in [0.15, 0.2) is 36.5 Å². The number of carbonyl (C=O) groups excluding carboxylic acids is 2. The Morgan fingerprint density at radius 1 is 1.11 bits per heavy atom. The fraction of sp³-hybridized carbons (Fsp3) is 0.630. The van der Waals surface area contributed by atoms with Gasteiger partial charge in [0.25, 0.3) is 0 Å². The molecule has 10 nitrogen and oxygen atoms in total. The smallest absolute Gasteiger partial charge is 0.327 e. The highest BCUT2D eigenvalue weighted by atomic mass is 16.5. The Balaban J connectivity index is 1.38. The number of amides is 2. The summed E-state index contributed by atoms with van der Waals surface area (Å²) in [6, 6.07) is 10.6. The lowest BCUT2D eigenvalue weighted by Gasteiger charge is -2.52. The second kappa shape index (κ2) is 9.72. The lowest BCUT2D eigenvalue weighted by atomic mass is 9.67. The Hall–Kier alpha value is -2.98. The van der Waals surface area contributed by atoms with Crippen molar-refractivity contribution in [3.63, 3.8) is 0 Å². The molecule has 200 valence electrons. The third-order valence-corrected chi connectivity index (χ3v) is 8.93. The molecule has 37 heavy (non-hydrogen) atoms. The molecule has 1 spiro atoms. The number of carbonyl (C=O) groups is 2. The summed E-state index contributed by atoms with van der Waals surface area (Å²) in [5.74, 6) is -0.405. The van der Waals surface area contributed by atoms with Crippen LogP contribution < -0.4 is 0 Å². The highest BCUT2D eigenvalue weighted by Gasteiger charge is 2.56. The highest BCUT2D eigenvalue weighted by molar-refractivity contribution is 5.78. The minimum atomic E-state index is -0.794. The van der Waals surface area contributed by atoms with Gasteiger partial charge in [-0.2, -0.15) is 0 Å². The van der Waals surface area contributed by atoms with E-state index in [1.54, 1.807) is 6.20 Å². The van der Waals surface area contributed by atoms with E-state index in [1.807, 2.05) is 15.9 Å². The highest BCUT2D eigenvalue weighted by Crippen LogP contribution is 2.50. The molecule has 5 rings (SSSR count). The van der Waals surface area contributed by atoms with Gasteiger partial charge in [0.15, 0.2) is 0 Å². The van der Waals surface area contributed by atoms with Crippen LogP contribution in [0.2, 0.25) is 0 Å². The van der Waals surface area contributed by atoms with Gasteiger partial charge in [-0.3, -0.25) is 9.69 Å². The molecule has 1 aromatic carbocycles. The van der Waals surface area contributed by atoms with Crippen molar-refractivity contribution in [2.75, 3.05) is 34.3 Å². The van der Waals surface area contributed by atoms with Crippen molar-refractivity contribution in [3.05, 3.63) is 47.8 Å². The van der Waals surface area contributed by atoms with Gasteiger partial charge in [0.2, 0.25) is 0 Å². The first-order valence-electron chi connectivity index (χ1n) is 13.2. The van der Waals surface area contributed by atoms with Gasteiger partial charge in [-0.1, -0.05) is 35.5 Å². The third kappa shape index (κ3) is 4.72. The summed E-state index contributed by atoms with van der Waals surface area (Å²) in [7, 11) is 5.62. The van der Waals surface area contributed by atoms with E-state index in [0.717, 1.165) is 44.9 Å². The summed E-state index contributed by atoms with van der Waals surface area (Å²) in [5.41, 5.74) is 0.719. The first kappa shape index (κ1) is 25.7. The summed E-state index contributed by atoms with van der Waals surface area (Å²) in [5, 5.41) is 19.3. The van der Waals surface area contributed by atoms with Crippen molar-refractivity contribution in [1.29, 1.82) is 0 Å². The molecule has 0 radical (unpaired) electrons. The van der Waals surface area contributed by atoms with Gasteiger partial charge in [0.05, 0.1) is 37.5 Å². The molecular weight excluding hydrogens is 472 g/mol. The largest absolute Gasteiger partial charge is 0.468 e. The van der Waals surface area contributed by atoms with Crippen molar-refractivity contribution in [2.45, 2.75) is 74.7 Å². The summed E-state index contributed by atoms with van der Waals surface area (Å²) >= 11 is 0. The molecule has 0 atom stereocenters. The molecule has 3 aliphatic rings. The molecule has 1 saturated heterocycles. The van der Waals surface area contributed by atoms with E-state index >= 15 is 0 Å². The van der Waals surface area contributed by atoms with E-state index in [-0.39, 0.29) is 23.7 Å². The molecule has 10 heteroatoms. The number of nitrogens with zero attached hydrogens (tertiary/aromatic N) is 6. The molecule has 2 saturated carbocycles. The normalized spacial score (nSPS) is 27.1. The second-order valence-electron chi connectivity index (χ2n) is 11.3. The Kier molecular flexibility index (Phi) is 6.74. The van der Waals surface area contributed by atoms with Gasteiger partial charge in [-0.15, -0.1) is 5.10 Å². The Labute approximate surface area is 218 Å². The predicted molar refractivity (Wildman–Crippen MR) is 136 cm³/mol. The number of urea groups is 1. The maximum atomic E-state index is 13.8. The number of aromatic nitrogens is 3. The molecule has 2 heterocycles. The van der Waals surface area contributed by atoms with Crippen LogP contribution in [0.3, 0.4) is 0 Å². The van der Waals surface area contributed by atoms with Crippen LogP contribution in [0.4, 0.5) is 4.79 Å². The zero-order chi connectivity index (χ0) is 26.3. The zero-order valence-corrected chi connectivity index (χ0v) is 22.1. The van der Waals surface area contributed by atoms with Crippen LogP contribution in [0.5, 0.6) is 0 Å². The summed E-state index contributed by atoms with van der Waals surface area (Å²) in [4.78, 5) is 31.5. The predicted octanol–water partition coefficient (Wildman–Crippen LogP) is 2.37. The minimum Gasteiger partial charge on any atom is -0.468 e. The van der Waals surface area contributed by atoms with Crippen LogP contribution >= 0.6 is 0 Å². The molecule has 1 N–H and O–H groups in total. The molecule has 0 unspecified atom stereocenters. The monoisotopic (exact) mass is 510 g/mol. The van der Waals surface area contributed by atoms with Crippen molar-refractivity contribution in [1.82, 2.24) is 29.7 Å². The number of ether oxygens (including phenoxy) is 1. The summed E-state index contributed by atoms with van der Waals surface area (Å²) < 4.78 is 6.13. The van der Waals surface area contributed by atoms with Gasteiger partial charge < -0.3 is 19.6 Å². The average Bonchev–Trinajstić information content (AvgIpc) is 3.41. The Morgan fingerprint density at radius 2 is 1.81 bits per heavy atom. The van der Waals surface area contributed by atoms with E-state index in [2.05, 4.69) is 53.6 Å². The molecule has 3 fully saturated rings. The molecule has 2 amide bonds. The quantitative estimate of drug-likeness (QED) is 0.544. The third-order valence-electron chi connectivity index (χ3n) is 8.93. The van der Waals surface area contributed by atoms with Crippen LogP contribution in [0.25, 0.3) is 0 Å². The molecule has 1 aliphatic heterocycles. The first-order chi connectivity index (χ1) is 17.7. The van der Waals surface area contributed by atoms with E-state index < -0.39 is 11.6 Å². The number of hydrogen-bond acceptors (Lipinski definition) is 7. The van der Waals surface area contributed by atoms with Crippen LogP contribution in [-0.2, 0) is 28.2 Å². The molecule has 0 bridgehead atoms. The maximum Gasteiger partial charge on any atom is 0.327 e. The van der Waals surface area contributed by atoms with E-state index in [9.17, 15) is 14.7 Å². The first-order valence-corrected chi connectivity index (χ1v) is 13.2. The summed E-state index contributed by atoms with van der Waals surface area (Å²) in [6.07, 6.45) is 7.72. The number of esters is 1. The fourth-order valence-corrected chi connectivity index (χ4v) is 6.46. The van der Waals surface area contributed by atoms with Crippen molar-refractivity contribution >= 4 is 12.0 Å². The van der Waals surface area contributed by atoms with E-state index in [4.69, 9.17) is 4.74 Å². The van der Waals surface area contributed by atoms with Gasteiger partial charge in [-0.05, 0) is 64.6 Å². The minimum absolute atomic E-state index is 0.0212. The van der Waals surface area contributed by atoms with Crippen molar-refractivity contribution < 1.29 is 19.4 Å². The summed E-state index contributed by atoms with van der Waals surface area (Å²) in [6.45, 7) is 1.25. The number of benzene rings is 1. The molecule has 1 aromatic heterocycles. The molecule has 2 aromatic rings. The number of rotatable bonds is 8. The SMILES string of the molecule is COC(=O)Cn1cc(CN2CC3(CCC(c4ccccc4)(N(C)C)CC3)N(CC3(O)CCC3)C2=O)nn1. The molecular formula is C27H38N6O4. The topological polar surface area (TPSA) is 104 Å². The van der Waals surface area contributed by atoms with Gasteiger partial charge >= 0.3 is 12.0 Å². The Morgan fingerprint density at radius 3 is 2.41 bits per heavy atom. The van der Waals surface area contributed by atoms with E-state index in [1.165, 1.54) is 17.4 Å². The number of aliphatic hydroxyl groups is 1. The second-order valence-corrected chi connectivity index (χ2v) is 11.3. The zero-order valence-electron chi connectivity index (χ0n) is 22.1. The lowest BCUT2D eigenvalue weighted by molar-refractivity contribution is -0.141. The number of methoxy groups -OCH3 is 1. The maximum absolute atomic E-state index is 13.8. The average molecular weight is 511 g/mol. The van der Waals surface area contributed by atoms with Crippen LogP contribution in [0.1, 0.15) is 56.2 Å². The Bertz CT molecular complexity index is 1120. The van der Waals surface area contributed by atoms with Gasteiger partial charge in [-0.25, -0.2) is 9.48 Å². The number of β-amino-alcohol motifs (C(OH)–C–C–N with tert-alkyl or cyclic N) is 1. The van der Waals surface area contributed by atoms with Crippen LogP contribution in [-0.4, -0.2) is 92.2 Å². The van der Waals surface area contributed by atoms with Gasteiger partial charge in [0.1, 0.15) is 12.2 Å². The van der Waals surface area contributed by atoms with Crippen molar-refractivity contribution in [2.24, 2.45) is 0 Å². The fourth-order valence-electron chi connectivity index (χ4n) is 6.46. The van der Waals surface area contributed by atoms with Crippen LogP contribution in [0, 0.1) is 0 Å². The standard InChI is InChI=1S/C27H38N6O4/c1-30(2)27(21-8-5-4-6-9-21)14-12-25(13-15-27)19-31(24(35)33(25)20-26(36)10-7-11-26)16-22-17-32(29-28-22)18-23(34)37-3/h4-6,8-9,17,36H,7,10-16,18-20H2,1-3H3. The number of hydrogen-bond donors (Lipinski definition) is 1.